The Bertz CT molecular complexity index is 804. The number of nitrogens with zero attached hydrogens (tertiary/aromatic N) is 1. The molecule has 3 rings (SSSR count). The summed E-state index contributed by atoms with van der Waals surface area (Å²) in [6.07, 6.45) is 0. The van der Waals surface area contributed by atoms with E-state index in [9.17, 15) is 9.18 Å². The van der Waals surface area contributed by atoms with Gasteiger partial charge in [0.25, 0.3) is 0 Å². The number of halogens is 1. The first kappa shape index (κ1) is 16.7. The molecule has 0 saturated heterocycles. The molecule has 1 amide bonds. The monoisotopic (exact) mass is 334 g/mol. The van der Waals surface area contributed by atoms with Gasteiger partial charge in [0, 0.05) is 11.4 Å². The van der Waals surface area contributed by atoms with E-state index in [1.54, 1.807) is 17.0 Å². The van der Waals surface area contributed by atoms with Crippen LogP contribution in [0.15, 0.2) is 84.9 Å². The number of anilines is 2. The van der Waals surface area contributed by atoms with Crippen molar-refractivity contribution in [2.75, 3.05) is 16.8 Å². The van der Waals surface area contributed by atoms with E-state index in [2.05, 4.69) is 5.32 Å². The van der Waals surface area contributed by atoms with Crippen LogP contribution < -0.4 is 10.2 Å². The molecule has 0 aliphatic carbocycles. The van der Waals surface area contributed by atoms with E-state index in [0.29, 0.717) is 12.2 Å². The van der Waals surface area contributed by atoms with Crippen LogP contribution in [-0.4, -0.2) is 12.5 Å². The lowest BCUT2D eigenvalue weighted by Crippen LogP contribution is -2.35. The van der Waals surface area contributed by atoms with Gasteiger partial charge in [-0.05, 0) is 42.0 Å². The molecule has 3 aromatic carbocycles. The van der Waals surface area contributed by atoms with Crippen LogP contribution >= 0.6 is 0 Å². The lowest BCUT2D eigenvalue weighted by Gasteiger charge is -2.23. The first-order chi connectivity index (χ1) is 12.2. The smallest absolute Gasteiger partial charge is 0.246 e. The standard InChI is InChI=1S/C21H19FN2O/c22-18-11-13-19(14-12-18)23-15-21(25)24(20-9-5-2-6-10-20)16-17-7-3-1-4-8-17/h1-14,23H,15-16H2. The summed E-state index contributed by atoms with van der Waals surface area (Å²) in [4.78, 5) is 14.5. The molecule has 3 aromatic rings. The second kappa shape index (κ2) is 8.11. The maximum atomic E-state index is 13.0. The van der Waals surface area contributed by atoms with Gasteiger partial charge < -0.3 is 10.2 Å². The van der Waals surface area contributed by atoms with Gasteiger partial charge in [0.1, 0.15) is 5.82 Å². The van der Waals surface area contributed by atoms with Crippen molar-refractivity contribution in [2.45, 2.75) is 6.54 Å². The minimum Gasteiger partial charge on any atom is -0.376 e. The van der Waals surface area contributed by atoms with Crippen molar-refractivity contribution in [3.05, 3.63) is 96.3 Å². The fraction of sp³-hybridized carbons (Fsp3) is 0.0952. The summed E-state index contributed by atoms with van der Waals surface area (Å²) in [6, 6.07) is 25.4. The van der Waals surface area contributed by atoms with Crippen molar-refractivity contribution >= 4 is 17.3 Å². The third kappa shape index (κ3) is 4.67. The van der Waals surface area contributed by atoms with Crippen LogP contribution in [0.4, 0.5) is 15.8 Å². The lowest BCUT2D eigenvalue weighted by atomic mass is 10.2. The highest BCUT2D eigenvalue weighted by atomic mass is 19.1. The number of carbonyl (C=O) groups excluding carboxylic acids is 1. The Balaban J connectivity index is 1.74. The maximum absolute atomic E-state index is 13.0. The minimum absolute atomic E-state index is 0.0561. The molecule has 3 nitrogen and oxygen atoms in total. The molecule has 25 heavy (non-hydrogen) atoms. The Kier molecular flexibility index (Phi) is 5.42. The molecule has 1 N–H and O–H groups in total. The van der Waals surface area contributed by atoms with Crippen molar-refractivity contribution in [2.24, 2.45) is 0 Å². The van der Waals surface area contributed by atoms with Crippen LogP contribution in [0.5, 0.6) is 0 Å². The van der Waals surface area contributed by atoms with Crippen LogP contribution in [0.2, 0.25) is 0 Å². The second-order valence-corrected chi connectivity index (χ2v) is 5.66. The number of amides is 1. The highest BCUT2D eigenvalue weighted by Gasteiger charge is 2.15. The van der Waals surface area contributed by atoms with Gasteiger partial charge in [-0.2, -0.15) is 0 Å². The Labute approximate surface area is 146 Å². The van der Waals surface area contributed by atoms with Gasteiger partial charge in [0.05, 0.1) is 13.1 Å². The molecule has 0 radical (unpaired) electrons. The molecule has 0 fully saturated rings. The van der Waals surface area contributed by atoms with Crippen LogP contribution in [-0.2, 0) is 11.3 Å². The summed E-state index contributed by atoms with van der Waals surface area (Å²) in [5.74, 6) is -0.355. The summed E-state index contributed by atoms with van der Waals surface area (Å²) in [7, 11) is 0. The van der Waals surface area contributed by atoms with Gasteiger partial charge in [0.2, 0.25) is 5.91 Å². The second-order valence-electron chi connectivity index (χ2n) is 5.66. The van der Waals surface area contributed by atoms with Gasteiger partial charge in [-0.1, -0.05) is 48.5 Å². The lowest BCUT2D eigenvalue weighted by molar-refractivity contribution is -0.117. The van der Waals surface area contributed by atoms with Crippen LogP contribution in [0.3, 0.4) is 0 Å². The number of rotatable bonds is 6. The molecule has 0 bridgehead atoms. The maximum Gasteiger partial charge on any atom is 0.246 e. The van der Waals surface area contributed by atoms with Crippen molar-refractivity contribution in [3.63, 3.8) is 0 Å². The van der Waals surface area contributed by atoms with Crippen molar-refractivity contribution in [1.82, 2.24) is 0 Å². The first-order valence-corrected chi connectivity index (χ1v) is 8.11. The average Bonchev–Trinajstić information content (AvgIpc) is 2.67. The van der Waals surface area contributed by atoms with E-state index in [0.717, 1.165) is 11.3 Å². The summed E-state index contributed by atoms with van der Waals surface area (Å²) in [6.45, 7) is 0.627. The predicted octanol–water partition coefficient (Wildman–Crippen LogP) is 4.47. The van der Waals surface area contributed by atoms with Crippen molar-refractivity contribution in [1.29, 1.82) is 0 Å². The molecule has 0 aliphatic rings. The number of hydrogen-bond donors (Lipinski definition) is 1. The first-order valence-electron chi connectivity index (χ1n) is 8.11. The quantitative estimate of drug-likeness (QED) is 0.721. The average molecular weight is 334 g/mol. The highest BCUT2D eigenvalue weighted by Crippen LogP contribution is 2.17. The number of carbonyl (C=O) groups is 1. The van der Waals surface area contributed by atoms with Gasteiger partial charge in [0.15, 0.2) is 0 Å². The van der Waals surface area contributed by atoms with E-state index in [-0.39, 0.29) is 18.3 Å². The largest absolute Gasteiger partial charge is 0.376 e. The fourth-order valence-electron chi connectivity index (χ4n) is 2.54. The Morgan fingerprint density at radius 2 is 1.44 bits per heavy atom. The molecule has 0 saturated carbocycles. The third-order valence-corrected chi connectivity index (χ3v) is 3.84. The number of benzene rings is 3. The zero-order valence-corrected chi connectivity index (χ0v) is 13.7. The van der Waals surface area contributed by atoms with Crippen LogP contribution in [0, 0.1) is 5.82 Å². The third-order valence-electron chi connectivity index (χ3n) is 3.84. The molecule has 0 spiro atoms. The molecule has 0 atom stereocenters. The van der Waals surface area contributed by atoms with Crippen molar-refractivity contribution < 1.29 is 9.18 Å². The summed E-state index contributed by atoms with van der Waals surface area (Å²) < 4.78 is 13.0. The highest BCUT2D eigenvalue weighted by molar-refractivity contribution is 5.96. The SMILES string of the molecule is O=C(CNc1ccc(F)cc1)N(Cc1ccccc1)c1ccccc1. The molecule has 0 aliphatic heterocycles. The van der Waals surface area contributed by atoms with E-state index in [1.165, 1.54) is 12.1 Å². The summed E-state index contributed by atoms with van der Waals surface area (Å²) in [5.41, 5.74) is 2.61. The molecule has 0 heterocycles. The number of nitrogens with one attached hydrogen (secondary N) is 1. The zero-order valence-electron chi connectivity index (χ0n) is 13.7. The summed E-state index contributed by atoms with van der Waals surface area (Å²) >= 11 is 0. The van der Waals surface area contributed by atoms with Gasteiger partial charge in [-0.15, -0.1) is 0 Å². The Morgan fingerprint density at radius 1 is 0.840 bits per heavy atom. The van der Waals surface area contributed by atoms with Crippen LogP contribution in [0.25, 0.3) is 0 Å². The number of hydrogen-bond acceptors (Lipinski definition) is 2. The molecule has 4 heteroatoms. The van der Waals surface area contributed by atoms with E-state index in [4.69, 9.17) is 0 Å². The van der Waals surface area contributed by atoms with Crippen molar-refractivity contribution in [3.8, 4) is 0 Å². The van der Waals surface area contributed by atoms with E-state index in [1.807, 2.05) is 60.7 Å². The minimum atomic E-state index is -0.299. The molecular formula is C21H19FN2O. The molecule has 0 aromatic heterocycles. The Morgan fingerprint density at radius 3 is 2.08 bits per heavy atom. The van der Waals surface area contributed by atoms with Gasteiger partial charge >= 0.3 is 0 Å². The molecule has 126 valence electrons. The molecule has 0 unspecified atom stereocenters. The number of para-hydroxylation sites is 1. The zero-order chi connectivity index (χ0) is 17.5. The topological polar surface area (TPSA) is 32.3 Å². The Hall–Kier alpha value is -3.14. The summed E-state index contributed by atoms with van der Waals surface area (Å²) in [5, 5.41) is 3.05. The van der Waals surface area contributed by atoms with E-state index < -0.39 is 0 Å². The normalized spacial score (nSPS) is 10.3. The molecular weight excluding hydrogens is 315 g/mol. The fourth-order valence-corrected chi connectivity index (χ4v) is 2.54. The van der Waals surface area contributed by atoms with E-state index >= 15 is 0 Å². The predicted molar refractivity (Wildman–Crippen MR) is 99.0 cm³/mol. The van der Waals surface area contributed by atoms with Gasteiger partial charge in [-0.3, -0.25) is 4.79 Å². The van der Waals surface area contributed by atoms with Crippen LogP contribution in [0.1, 0.15) is 5.56 Å². The van der Waals surface area contributed by atoms with Gasteiger partial charge in [-0.25, -0.2) is 4.39 Å².